The second-order valence-corrected chi connectivity index (χ2v) is 10.4. The number of carbonyl (C=O) groups excluding carboxylic acids is 2. The monoisotopic (exact) mass is 485 g/mol. The Morgan fingerprint density at radius 3 is 2.37 bits per heavy atom. The van der Waals surface area contributed by atoms with E-state index in [1.54, 1.807) is 6.92 Å². The van der Waals surface area contributed by atoms with Crippen molar-refractivity contribution in [2.24, 2.45) is 5.92 Å². The van der Waals surface area contributed by atoms with Crippen LogP contribution in [0.3, 0.4) is 0 Å². The summed E-state index contributed by atoms with van der Waals surface area (Å²) in [6, 6.07) is 19.0. The molecule has 2 aromatic carbocycles. The van der Waals surface area contributed by atoms with Crippen molar-refractivity contribution in [3.8, 4) is 0 Å². The quantitative estimate of drug-likeness (QED) is 0.374. The number of ketones is 1. The van der Waals surface area contributed by atoms with Crippen molar-refractivity contribution < 1.29 is 14.7 Å². The van der Waals surface area contributed by atoms with E-state index in [1.165, 1.54) is 18.3 Å². The fourth-order valence-corrected chi connectivity index (χ4v) is 6.59. The number of nitrogens with one attached hydrogen (secondary N) is 1. The minimum Gasteiger partial charge on any atom is -0.397 e. The summed E-state index contributed by atoms with van der Waals surface area (Å²) >= 11 is 1.25. The van der Waals surface area contributed by atoms with Gasteiger partial charge >= 0.3 is 0 Å². The third-order valence-corrected chi connectivity index (χ3v) is 7.99. The first-order valence-electron chi connectivity index (χ1n) is 11.5. The summed E-state index contributed by atoms with van der Waals surface area (Å²) in [7, 11) is 0. The largest absolute Gasteiger partial charge is 0.397 e. The van der Waals surface area contributed by atoms with Gasteiger partial charge in [-0.05, 0) is 49.6 Å². The van der Waals surface area contributed by atoms with Gasteiger partial charge in [0.25, 0.3) is 5.91 Å². The standard InChI is InChI=1S/C28H27N3O3S/c1-15-20-19(14-28(3,34)23(16(2)32)21(20)17-10-6-4-7-11-17)22-24(29)25(35-27(22)30-15)26(33)31-18-12-8-5-9-13-18/h4-13,21,23,34H,14,29H2,1-3H3,(H,31,33). The maximum atomic E-state index is 13.1. The highest BCUT2D eigenvalue weighted by molar-refractivity contribution is 7.21. The number of carbonyl (C=O) groups is 2. The van der Waals surface area contributed by atoms with Crippen LogP contribution in [0.25, 0.3) is 10.2 Å². The summed E-state index contributed by atoms with van der Waals surface area (Å²) in [5.41, 5.74) is 9.82. The summed E-state index contributed by atoms with van der Waals surface area (Å²) in [5.74, 6) is -1.37. The number of para-hydroxylation sites is 1. The Morgan fingerprint density at radius 2 is 1.74 bits per heavy atom. The summed E-state index contributed by atoms with van der Waals surface area (Å²) < 4.78 is 0. The van der Waals surface area contributed by atoms with Crippen LogP contribution >= 0.6 is 11.3 Å². The average molecular weight is 486 g/mol. The smallest absolute Gasteiger partial charge is 0.267 e. The number of aryl methyl sites for hydroxylation is 1. The number of anilines is 2. The Bertz CT molecular complexity index is 1450. The normalized spacial score (nSPS) is 21.5. The second kappa shape index (κ2) is 8.59. The molecule has 4 N–H and O–H groups in total. The van der Waals surface area contributed by atoms with Gasteiger partial charge in [-0.3, -0.25) is 9.59 Å². The van der Waals surface area contributed by atoms with Crippen LogP contribution in [0.2, 0.25) is 0 Å². The van der Waals surface area contributed by atoms with Crippen molar-refractivity contribution in [2.45, 2.75) is 38.7 Å². The summed E-state index contributed by atoms with van der Waals surface area (Å²) in [6.07, 6.45) is 0.246. The molecule has 0 saturated carbocycles. The molecule has 2 heterocycles. The minimum absolute atomic E-state index is 0.0739. The van der Waals surface area contributed by atoms with Gasteiger partial charge in [-0.1, -0.05) is 48.5 Å². The topological polar surface area (TPSA) is 105 Å². The van der Waals surface area contributed by atoms with E-state index < -0.39 is 11.5 Å². The van der Waals surface area contributed by atoms with E-state index in [0.717, 1.165) is 22.4 Å². The van der Waals surface area contributed by atoms with Crippen LogP contribution in [0.5, 0.6) is 0 Å². The van der Waals surface area contributed by atoms with Gasteiger partial charge in [0.05, 0.1) is 17.2 Å². The van der Waals surface area contributed by atoms with Crippen molar-refractivity contribution in [3.63, 3.8) is 0 Å². The summed E-state index contributed by atoms with van der Waals surface area (Å²) in [4.78, 5) is 31.8. The predicted octanol–water partition coefficient (Wildman–Crippen LogP) is 5.08. The Labute approximate surface area is 207 Å². The fourth-order valence-electron chi connectivity index (χ4n) is 5.53. The van der Waals surface area contributed by atoms with Gasteiger partial charge in [0, 0.05) is 29.1 Å². The highest BCUT2D eigenvalue weighted by atomic mass is 32.1. The molecule has 7 heteroatoms. The van der Waals surface area contributed by atoms with Gasteiger partial charge in [0.2, 0.25) is 0 Å². The minimum atomic E-state index is -1.29. The number of thiophene rings is 1. The number of Topliss-reactive ketones (excluding diaryl/α,β-unsaturated/α-hetero) is 1. The number of aromatic nitrogens is 1. The summed E-state index contributed by atoms with van der Waals surface area (Å²) in [5, 5.41) is 15.2. The number of pyridine rings is 1. The molecule has 0 bridgehead atoms. The van der Waals surface area contributed by atoms with E-state index in [4.69, 9.17) is 10.7 Å². The highest BCUT2D eigenvalue weighted by Gasteiger charge is 2.48. The predicted molar refractivity (Wildman–Crippen MR) is 140 cm³/mol. The van der Waals surface area contributed by atoms with E-state index in [0.29, 0.717) is 26.5 Å². The maximum Gasteiger partial charge on any atom is 0.267 e. The molecule has 0 saturated heterocycles. The van der Waals surface area contributed by atoms with Gasteiger partial charge in [-0.2, -0.15) is 0 Å². The van der Waals surface area contributed by atoms with Gasteiger partial charge in [0.15, 0.2) is 0 Å². The fraction of sp³-hybridized carbons (Fsp3) is 0.250. The molecular weight excluding hydrogens is 458 g/mol. The number of amides is 1. The van der Waals surface area contributed by atoms with Crippen molar-refractivity contribution in [3.05, 3.63) is 87.9 Å². The lowest BCUT2D eigenvalue weighted by atomic mass is 9.62. The molecule has 1 amide bonds. The maximum absolute atomic E-state index is 13.1. The molecular formula is C28H27N3O3S. The molecule has 4 aromatic rings. The molecule has 3 unspecified atom stereocenters. The third kappa shape index (κ3) is 3.90. The molecule has 0 fully saturated rings. The molecule has 0 aliphatic heterocycles. The zero-order chi connectivity index (χ0) is 24.9. The molecule has 35 heavy (non-hydrogen) atoms. The molecule has 178 valence electrons. The van der Waals surface area contributed by atoms with Crippen LogP contribution in [0, 0.1) is 12.8 Å². The Morgan fingerprint density at radius 1 is 1.11 bits per heavy atom. The van der Waals surface area contributed by atoms with Crippen molar-refractivity contribution in [1.82, 2.24) is 4.98 Å². The van der Waals surface area contributed by atoms with Gasteiger partial charge < -0.3 is 16.2 Å². The van der Waals surface area contributed by atoms with Crippen LogP contribution in [-0.2, 0) is 11.2 Å². The lowest BCUT2D eigenvalue weighted by Gasteiger charge is -2.43. The first-order chi connectivity index (χ1) is 16.7. The van der Waals surface area contributed by atoms with E-state index >= 15 is 0 Å². The molecule has 6 nitrogen and oxygen atoms in total. The van der Waals surface area contributed by atoms with Gasteiger partial charge in [-0.25, -0.2) is 4.98 Å². The number of nitrogens with two attached hydrogens (primary N) is 1. The zero-order valence-electron chi connectivity index (χ0n) is 19.8. The number of rotatable bonds is 4. The molecule has 0 spiro atoms. The number of nitrogen functional groups attached to an aromatic ring is 1. The van der Waals surface area contributed by atoms with E-state index in [2.05, 4.69) is 5.32 Å². The number of fused-ring (bicyclic) bond motifs is 3. The van der Waals surface area contributed by atoms with Crippen LogP contribution in [0.15, 0.2) is 60.7 Å². The SMILES string of the molecule is CC(=O)C1C(c2ccccc2)c2c(C)nc3sc(C(=O)Nc4ccccc4)c(N)c3c2CC1(C)O. The van der Waals surface area contributed by atoms with E-state index in [1.807, 2.05) is 67.6 Å². The average Bonchev–Trinajstić information content (AvgIpc) is 3.14. The molecule has 3 atom stereocenters. The number of hydrogen-bond acceptors (Lipinski definition) is 6. The Balaban J connectivity index is 1.72. The van der Waals surface area contributed by atoms with E-state index in [-0.39, 0.29) is 24.0 Å². The van der Waals surface area contributed by atoms with Gasteiger partial charge in [-0.15, -0.1) is 11.3 Å². The van der Waals surface area contributed by atoms with Crippen LogP contribution in [-0.4, -0.2) is 27.4 Å². The van der Waals surface area contributed by atoms with Crippen LogP contribution in [0.1, 0.15) is 51.8 Å². The lowest BCUT2D eigenvalue weighted by molar-refractivity contribution is -0.130. The molecule has 1 aliphatic rings. The number of nitrogens with zero attached hydrogens (tertiary/aromatic N) is 1. The zero-order valence-corrected chi connectivity index (χ0v) is 20.6. The van der Waals surface area contributed by atoms with Crippen LogP contribution < -0.4 is 11.1 Å². The van der Waals surface area contributed by atoms with Gasteiger partial charge in [0.1, 0.15) is 15.5 Å². The molecule has 2 aromatic heterocycles. The van der Waals surface area contributed by atoms with Crippen molar-refractivity contribution >= 4 is 44.6 Å². The molecule has 5 rings (SSSR count). The Hall–Kier alpha value is -3.55. The lowest BCUT2D eigenvalue weighted by Crippen LogP contribution is -2.48. The number of benzene rings is 2. The first-order valence-corrected chi connectivity index (χ1v) is 12.4. The number of aliphatic hydroxyl groups is 1. The second-order valence-electron chi connectivity index (χ2n) is 9.45. The Kier molecular flexibility index (Phi) is 5.69. The van der Waals surface area contributed by atoms with E-state index in [9.17, 15) is 14.7 Å². The molecule has 0 radical (unpaired) electrons. The van der Waals surface area contributed by atoms with Crippen molar-refractivity contribution in [1.29, 1.82) is 0 Å². The molecule has 1 aliphatic carbocycles. The van der Waals surface area contributed by atoms with Crippen LogP contribution in [0.4, 0.5) is 11.4 Å². The summed E-state index contributed by atoms with van der Waals surface area (Å²) in [6.45, 7) is 5.17. The third-order valence-electron chi connectivity index (χ3n) is 6.90. The van der Waals surface area contributed by atoms with Crippen molar-refractivity contribution in [2.75, 3.05) is 11.1 Å². The number of hydrogen-bond donors (Lipinski definition) is 3. The highest BCUT2D eigenvalue weighted by Crippen LogP contribution is 2.50. The first kappa shape index (κ1) is 23.2.